The molecule has 2 aliphatic rings. The van der Waals surface area contributed by atoms with Crippen molar-refractivity contribution in [3.8, 4) is 0 Å². The van der Waals surface area contributed by atoms with Gasteiger partial charge in [0.2, 0.25) is 5.91 Å². The number of carbonyl (C=O) groups is 1. The molecule has 5 heteroatoms. The zero-order chi connectivity index (χ0) is 16.2. The second-order valence-corrected chi connectivity index (χ2v) is 7.82. The summed E-state index contributed by atoms with van der Waals surface area (Å²) in [5.74, 6) is 2.70. The van der Waals surface area contributed by atoms with Crippen LogP contribution in [0.25, 0.3) is 0 Å². The van der Waals surface area contributed by atoms with Gasteiger partial charge >= 0.3 is 0 Å². The molecule has 0 bridgehead atoms. The number of rotatable bonds is 5. The molecule has 126 valence electrons. The summed E-state index contributed by atoms with van der Waals surface area (Å²) in [6, 6.07) is 10.3. The summed E-state index contributed by atoms with van der Waals surface area (Å²) in [5.41, 5.74) is 1.29. The molecule has 0 spiro atoms. The van der Waals surface area contributed by atoms with Crippen molar-refractivity contribution in [1.82, 2.24) is 4.90 Å². The zero-order valence-corrected chi connectivity index (χ0v) is 14.1. The minimum atomic E-state index is -0.618. The normalized spacial score (nSPS) is 30.3. The maximum atomic E-state index is 12.4. The molecule has 1 amide bonds. The van der Waals surface area contributed by atoms with Gasteiger partial charge in [0, 0.05) is 31.0 Å². The summed E-state index contributed by atoms with van der Waals surface area (Å²) >= 11 is 1.79. The van der Waals surface area contributed by atoms with Crippen molar-refractivity contribution in [2.24, 2.45) is 11.8 Å². The molecule has 23 heavy (non-hydrogen) atoms. The number of benzene rings is 1. The summed E-state index contributed by atoms with van der Waals surface area (Å²) in [5, 5.41) is 19.5. The van der Waals surface area contributed by atoms with Crippen LogP contribution in [-0.2, 0) is 10.5 Å². The van der Waals surface area contributed by atoms with Crippen LogP contribution in [0.2, 0.25) is 0 Å². The Morgan fingerprint density at radius 1 is 1.09 bits per heavy atom. The van der Waals surface area contributed by atoms with Crippen LogP contribution in [0.3, 0.4) is 0 Å². The van der Waals surface area contributed by atoms with E-state index in [-0.39, 0.29) is 5.91 Å². The minimum absolute atomic E-state index is 0.212. The molecule has 1 saturated heterocycles. The van der Waals surface area contributed by atoms with Crippen molar-refractivity contribution in [3.63, 3.8) is 0 Å². The Morgan fingerprint density at radius 3 is 2.30 bits per heavy atom. The standard InChI is InChI=1S/C18H25NO3S/c20-16-8-14-10-19(11-15(14)9-17(16)21)18(22)6-7-23-12-13-4-2-1-3-5-13/h1-5,14-17,20-21H,6-12H2/t14-,15+,16-,17-/m0/s1. The smallest absolute Gasteiger partial charge is 0.223 e. The van der Waals surface area contributed by atoms with Crippen molar-refractivity contribution in [2.45, 2.75) is 37.2 Å². The van der Waals surface area contributed by atoms with Gasteiger partial charge in [-0.25, -0.2) is 0 Å². The third-order valence-corrected chi connectivity index (χ3v) is 6.06. The van der Waals surface area contributed by atoms with Gasteiger partial charge in [0.15, 0.2) is 0 Å². The minimum Gasteiger partial charge on any atom is -0.390 e. The molecule has 1 heterocycles. The molecule has 1 saturated carbocycles. The largest absolute Gasteiger partial charge is 0.390 e. The Kier molecular flexibility index (Phi) is 5.62. The molecule has 0 unspecified atom stereocenters. The number of thioether (sulfide) groups is 1. The lowest BCUT2D eigenvalue weighted by Gasteiger charge is -2.31. The van der Waals surface area contributed by atoms with E-state index in [1.807, 2.05) is 23.1 Å². The summed E-state index contributed by atoms with van der Waals surface area (Å²) in [6.07, 6.45) is 0.583. The molecule has 1 aromatic carbocycles. The van der Waals surface area contributed by atoms with Crippen LogP contribution in [0.15, 0.2) is 30.3 Å². The van der Waals surface area contributed by atoms with Crippen molar-refractivity contribution < 1.29 is 15.0 Å². The Balaban J connectivity index is 1.39. The molecule has 1 aliphatic carbocycles. The number of carbonyl (C=O) groups excluding carboxylic acids is 1. The van der Waals surface area contributed by atoms with E-state index >= 15 is 0 Å². The van der Waals surface area contributed by atoms with Crippen molar-refractivity contribution >= 4 is 17.7 Å². The van der Waals surface area contributed by atoms with Crippen molar-refractivity contribution in [3.05, 3.63) is 35.9 Å². The average Bonchev–Trinajstić information content (AvgIpc) is 2.95. The number of nitrogens with zero attached hydrogens (tertiary/aromatic N) is 1. The second kappa shape index (κ2) is 7.69. The highest BCUT2D eigenvalue weighted by atomic mass is 32.2. The number of aliphatic hydroxyl groups is 2. The fourth-order valence-electron chi connectivity index (χ4n) is 3.69. The number of aliphatic hydroxyl groups excluding tert-OH is 2. The molecule has 0 radical (unpaired) electrons. The molecular weight excluding hydrogens is 310 g/mol. The van der Waals surface area contributed by atoms with E-state index in [4.69, 9.17) is 0 Å². The van der Waals surface area contributed by atoms with E-state index in [1.54, 1.807) is 11.8 Å². The maximum Gasteiger partial charge on any atom is 0.223 e. The average molecular weight is 335 g/mol. The Labute approximate surface area is 141 Å². The van der Waals surface area contributed by atoms with E-state index in [2.05, 4.69) is 12.1 Å². The van der Waals surface area contributed by atoms with E-state index < -0.39 is 12.2 Å². The van der Waals surface area contributed by atoms with Gasteiger partial charge in [0.25, 0.3) is 0 Å². The van der Waals surface area contributed by atoms with E-state index in [9.17, 15) is 15.0 Å². The van der Waals surface area contributed by atoms with Gasteiger partial charge in [-0.05, 0) is 30.2 Å². The number of amides is 1. The SMILES string of the molecule is O=C(CCSCc1ccccc1)N1C[C@H]2C[C@H](O)[C@@H](O)C[C@H]2C1. The maximum absolute atomic E-state index is 12.4. The third-order valence-electron chi connectivity index (χ3n) is 5.03. The van der Waals surface area contributed by atoms with E-state index in [1.165, 1.54) is 5.56 Å². The van der Waals surface area contributed by atoms with Crippen LogP contribution >= 0.6 is 11.8 Å². The van der Waals surface area contributed by atoms with Gasteiger partial charge in [-0.15, -0.1) is 0 Å². The summed E-state index contributed by atoms with van der Waals surface area (Å²) in [6.45, 7) is 1.49. The number of likely N-dealkylation sites (tertiary alicyclic amines) is 1. The molecule has 3 rings (SSSR count). The van der Waals surface area contributed by atoms with Crippen molar-refractivity contribution in [2.75, 3.05) is 18.8 Å². The van der Waals surface area contributed by atoms with Crippen LogP contribution in [0, 0.1) is 11.8 Å². The fourth-order valence-corrected chi connectivity index (χ4v) is 4.58. The first-order valence-corrected chi connectivity index (χ1v) is 9.54. The number of hydrogen-bond donors (Lipinski definition) is 2. The molecule has 0 aromatic heterocycles. The lowest BCUT2D eigenvalue weighted by molar-refractivity contribution is -0.129. The van der Waals surface area contributed by atoms with Gasteiger partial charge in [-0.2, -0.15) is 11.8 Å². The first kappa shape index (κ1) is 16.8. The predicted molar refractivity (Wildman–Crippen MR) is 92.0 cm³/mol. The highest BCUT2D eigenvalue weighted by molar-refractivity contribution is 7.98. The highest BCUT2D eigenvalue weighted by Gasteiger charge is 2.42. The van der Waals surface area contributed by atoms with Crippen LogP contribution in [0.4, 0.5) is 0 Å². The first-order valence-electron chi connectivity index (χ1n) is 8.39. The van der Waals surface area contributed by atoms with Crippen LogP contribution in [0.1, 0.15) is 24.8 Å². The summed E-state index contributed by atoms with van der Waals surface area (Å²) in [4.78, 5) is 14.3. The number of hydrogen-bond acceptors (Lipinski definition) is 4. The first-order chi connectivity index (χ1) is 11.1. The topological polar surface area (TPSA) is 60.8 Å². The molecule has 2 N–H and O–H groups in total. The monoisotopic (exact) mass is 335 g/mol. The van der Waals surface area contributed by atoms with Gasteiger partial charge in [-0.1, -0.05) is 30.3 Å². The van der Waals surface area contributed by atoms with Crippen LogP contribution in [-0.4, -0.2) is 52.1 Å². The third kappa shape index (κ3) is 4.28. The summed E-state index contributed by atoms with van der Waals surface area (Å²) in [7, 11) is 0. The second-order valence-electron chi connectivity index (χ2n) is 6.71. The van der Waals surface area contributed by atoms with E-state index in [0.717, 1.165) is 24.6 Å². The molecule has 1 aliphatic heterocycles. The molecule has 1 aromatic rings. The Bertz CT molecular complexity index is 506. The van der Waals surface area contributed by atoms with Crippen LogP contribution in [0.5, 0.6) is 0 Å². The van der Waals surface area contributed by atoms with Gasteiger partial charge in [-0.3, -0.25) is 4.79 Å². The molecular formula is C18H25NO3S. The molecule has 4 atom stereocenters. The lowest BCUT2D eigenvalue weighted by Crippen LogP contribution is -2.38. The van der Waals surface area contributed by atoms with Gasteiger partial charge in [0.05, 0.1) is 12.2 Å². The fraction of sp³-hybridized carbons (Fsp3) is 0.611. The van der Waals surface area contributed by atoms with Crippen molar-refractivity contribution in [1.29, 1.82) is 0 Å². The quantitative estimate of drug-likeness (QED) is 0.807. The predicted octanol–water partition coefficient (Wildman–Crippen LogP) is 1.90. The molecule has 4 nitrogen and oxygen atoms in total. The summed E-state index contributed by atoms with van der Waals surface area (Å²) < 4.78 is 0. The van der Waals surface area contributed by atoms with Gasteiger partial charge < -0.3 is 15.1 Å². The van der Waals surface area contributed by atoms with Gasteiger partial charge in [0.1, 0.15) is 0 Å². The Hall–Kier alpha value is -1.04. The lowest BCUT2D eigenvalue weighted by atomic mass is 9.79. The zero-order valence-electron chi connectivity index (χ0n) is 13.3. The number of fused-ring (bicyclic) bond motifs is 1. The Morgan fingerprint density at radius 2 is 1.70 bits per heavy atom. The molecule has 2 fully saturated rings. The van der Waals surface area contributed by atoms with E-state index in [0.29, 0.717) is 31.1 Å². The van der Waals surface area contributed by atoms with Crippen LogP contribution < -0.4 is 0 Å². The highest BCUT2D eigenvalue weighted by Crippen LogP contribution is 2.36.